The van der Waals surface area contributed by atoms with Gasteiger partial charge in [0.05, 0.1) is 5.39 Å². The lowest BCUT2D eigenvalue weighted by molar-refractivity contribution is -0.116. The van der Waals surface area contributed by atoms with Crippen molar-refractivity contribution in [2.24, 2.45) is 0 Å². The van der Waals surface area contributed by atoms with Crippen LogP contribution < -0.4 is 10.9 Å². The lowest BCUT2D eigenvalue weighted by Gasteiger charge is -2.08. The maximum absolute atomic E-state index is 13.1. The number of nitrogens with one attached hydrogen (secondary N) is 1. The average molecular weight is 316 g/mol. The quantitative estimate of drug-likeness (QED) is 0.798. The molecular weight excluding hydrogens is 306 g/mol. The normalized spacial score (nSPS) is 10.7. The summed E-state index contributed by atoms with van der Waals surface area (Å²) in [6.07, 6.45) is 2.72. The maximum atomic E-state index is 13.1. The van der Waals surface area contributed by atoms with E-state index >= 15 is 0 Å². The zero-order chi connectivity index (χ0) is 16.4. The van der Waals surface area contributed by atoms with E-state index < -0.39 is 23.1 Å². The van der Waals surface area contributed by atoms with Gasteiger partial charge in [0.2, 0.25) is 5.91 Å². The van der Waals surface area contributed by atoms with Gasteiger partial charge in [-0.05, 0) is 24.3 Å². The molecular formula is C15H10F2N4O2. The van der Waals surface area contributed by atoms with E-state index in [0.29, 0.717) is 0 Å². The Balaban J connectivity index is 1.81. The van der Waals surface area contributed by atoms with Crippen LogP contribution in [-0.4, -0.2) is 20.4 Å². The van der Waals surface area contributed by atoms with E-state index in [1.54, 1.807) is 12.1 Å². The fourth-order valence-electron chi connectivity index (χ4n) is 2.04. The Morgan fingerprint density at radius 3 is 2.78 bits per heavy atom. The Kier molecular flexibility index (Phi) is 3.80. The first-order valence-corrected chi connectivity index (χ1v) is 6.59. The number of anilines is 1. The molecule has 0 atom stereocenters. The number of hydrogen-bond acceptors (Lipinski definition) is 4. The van der Waals surface area contributed by atoms with Crippen LogP contribution in [0.25, 0.3) is 11.0 Å². The third-order valence-electron chi connectivity index (χ3n) is 3.11. The van der Waals surface area contributed by atoms with E-state index in [1.807, 2.05) is 0 Å². The fraction of sp³-hybridized carbons (Fsp3) is 0.0667. The van der Waals surface area contributed by atoms with Crippen molar-refractivity contribution < 1.29 is 13.6 Å². The Labute approximate surface area is 128 Å². The molecule has 6 nitrogen and oxygen atoms in total. The van der Waals surface area contributed by atoms with Gasteiger partial charge in [-0.15, -0.1) is 0 Å². The molecule has 0 unspecified atom stereocenters. The number of carbonyl (C=O) groups excluding carboxylic acids is 1. The van der Waals surface area contributed by atoms with Gasteiger partial charge in [0.25, 0.3) is 5.56 Å². The van der Waals surface area contributed by atoms with Gasteiger partial charge in [0.15, 0.2) is 17.3 Å². The molecule has 1 N–H and O–H groups in total. The number of nitrogens with zero attached hydrogens (tertiary/aromatic N) is 3. The highest BCUT2D eigenvalue weighted by Gasteiger charge is 2.10. The average Bonchev–Trinajstić information content (AvgIpc) is 2.54. The van der Waals surface area contributed by atoms with E-state index in [-0.39, 0.29) is 23.3 Å². The molecule has 23 heavy (non-hydrogen) atoms. The number of fused-ring (bicyclic) bond motifs is 1. The van der Waals surface area contributed by atoms with Crippen molar-refractivity contribution in [2.75, 3.05) is 5.32 Å². The molecule has 3 rings (SSSR count). The zero-order valence-corrected chi connectivity index (χ0v) is 11.7. The molecule has 0 saturated heterocycles. The first kappa shape index (κ1) is 14.8. The highest BCUT2D eigenvalue weighted by atomic mass is 19.2. The maximum Gasteiger partial charge on any atom is 0.263 e. The van der Waals surface area contributed by atoms with Crippen LogP contribution in [0.5, 0.6) is 0 Å². The molecule has 2 aromatic heterocycles. The molecule has 1 amide bonds. The van der Waals surface area contributed by atoms with Crippen LogP contribution in [0.1, 0.15) is 0 Å². The minimum atomic E-state index is -1.07. The van der Waals surface area contributed by atoms with Gasteiger partial charge >= 0.3 is 0 Å². The molecule has 8 heteroatoms. The van der Waals surface area contributed by atoms with Crippen LogP contribution >= 0.6 is 0 Å². The van der Waals surface area contributed by atoms with Gasteiger partial charge in [0, 0.05) is 18.0 Å². The third-order valence-corrected chi connectivity index (χ3v) is 3.11. The molecule has 0 bridgehead atoms. The van der Waals surface area contributed by atoms with Crippen molar-refractivity contribution in [2.45, 2.75) is 6.54 Å². The predicted molar refractivity (Wildman–Crippen MR) is 78.8 cm³/mol. The van der Waals surface area contributed by atoms with Crippen LogP contribution in [0, 0.1) is 11.6 Å². The topological polar surface area (TPSA) is 76.9 Å². The molecule has 0 aliphatic heterocycles. The molecule has 0 fully saturated rings. The summed E-state index contributed by atoms with van der Waals surface area (Å²) in [5, 5.41) is 2.67. The van der Waals surface area contributed by atoms with E-state index in [2.05, 4.69) is 15.3 Å². The molecule has 0 aliphatic carbocycles. The third kappa shape index (κ3) is 3.05. The van der Waals surface area contributed by atoms with Crippen LogP contribution in [0.15, 0.2) is 47.7 Å². The van der Waals surface area contributed by atoms with E-state index in [4.69, 9.17) is 0 Å². The number of benzene rings is 1. The van der Waals surface area contributed by atoms with Crippen molar-refractivity contribution in [1.29, 1.82) is 0 Å². The summed E-state index contributed by atoms with van der Waals surface area (Å²) in [6, 6.07) is 6.14. The number of pyridine rings is 1. The second kappa shape index (κ2) is 5.91. The largest absolute Gasteiger partial charge is 0.324 e. The number of rotatable bonds is 3. The Hall–Kier alpha value is -3.16. The first-order chi connectivity index (χ1) is 11.0. The summed E-state index contributed by atoms with van der Waals surface area (Å²) in [4.78, 5) is 32.1. The standard InChI is InChI=1S/C15H10F2N4O2/c16-11-4-3-9(6-12(11)17)20-13(22)7-21-8-19-14-10(15(21)23)2-1-5-18-14/h1-6,8H,7H2,(H,20,22). The summed E-state index contributed by atoms with van der Waals surface area (Å²) in [5.74, 6) is -2.65. The summed E-state index contributed by atoms with van der Waals surface area (Å²) < 4.78 is 27.0. The van der Waals surface area contributed by atoms with Gasteiger partial charge in [-0.1, -0.05) is 0 Å². The van der Waals surface area contributed by atoms with E-state index in [9.17, 15) is 18.4 Å². The highest BCUT2D eigenvalue weighted by molar-refractivity contribution is 5.90. The van der Waals surface area contributed by atoms with Crippen molar-refractivity contribution in [3.05, 3.63) is 64.8 Å². The van der Waals surface area contributed by atoms with Crippen LogP contribution in [-0.2, 0) is 11.3 Å². The lowest BCUT2D eigenvalue weighted by atomic mass is 10.3. The Morgan fingerprint density at radius 1 is 1.17 bits per heavy atom. The number of amides is 1. The highest BCUT2D eigenvalue weighted by Crippen LogP contribution is 2.13. The summed E-state index contributed by atoms with van der Waals surface area (Å²) >= 11 is 0. The van der Waals surface area contributed by atoms with Crippen molar-refractivity contribution >= 4 is 22.6 Å². The minimum absolute atomic E-state index is 0.0948. The number of aromatic nitrogens is 3. The van der Waals surface area contributed by atoms with Gasteiger partial charge in [-0.3, -0.25) is 14.2 Å². The van der Waals surface area contributed by atoms with Crippen LogP contribution in [0.2, 0.25) is 0 Å². The minimum Gasteiger partial charge on any atom is -0.324 e. The molecule has 0 radical (unpaired) electrons. The molecule has 0 spiro atoms. The van der Waals surface area contributed by atoms with E-state index in [0.717, 1.165) is 16.7 Å². The SMILES string of the molecule is O=C(Cn1cnc2ncccc2c1=O)Nc1ccc(F)c(F)c1. The summed E-state index contributed by atoms with van der Waals surface area (Å²) in [7, 11) is 0. The number of hydrogen-bond donors (Lipinski definition) is 1. The molecule has 2 heterocycles. The first-order valence-electron chi connectivity index (χ1n) is 6.59. The van der Waals surface area contributed by atoms with Crippen LogP contribution in [0.4, 0.5) is 14.5 Å². The smallest absolute Gasteiger partial charge is 0.263 e. The number of halogens is 2. The van der Waals surface area contributed by atoms with Gasteiger partial charge in [-0.25, -0.2) is 18.7 Å². The monoisotopic (exact) mass is 316 g/mol. The second-order valence-electron chi connectivity index (χ2n) is 4.73. The van der Waals surface area contributed by atoms with Gasteiger partial charge in [-0.2, -0.15) is 0 Å². The summed E-state index contributed by atoms with van der Waals surface area (Å²) in [5.41, 5.74) is -0.0318. The van der Waals surface area contributed by atoms with Gasteiger partial charge in [0.1, 0.15) is 12.9 Å². The lowest BCUT2D eigenvalue weighted by Crippen LogP contribution is -2.28. The Morgan fingerprint density at radius 2 is 2.00 bits per heavy atom. The second-order valence-corrected chi connectivity index (χ2v) is 4.73. The molecule has 3 aromatic rings. The zero-order valence-electron chi connectivity index (χ0n) is 11.7. The van der Waals surface area contributed by atoms with Crippen LogP contribution in [0.3, 0.4) is 0 Å². The molecule has 1 aromatic carbocycles. The molecule has 116 valence electrons. The fourth-order valence-corrected chi connectivity index (χ4v) is 2.04. The van der Waals surface area contributed by atoms with Crippen molar-refractivity contribution in [1.82, 2.24) is 14.5 Å². The van der Waals surface area contributed by atoms with E-state index in [1.165, 1.54) is 18.6 Å². The molecule has 0 aliphatic rings. The predicted octanol–water partition coefficient (Wildman–Crippen LogP) is 1.71. The van der Waals surface area contributed by atoms with Gasteiger partial charge < -0.3 is 5.32 Å². The summed E-state index contributed by atoms with van der Waals surface area (Å²) in [6.45, 7) is -0.310. The van der Waals surface area contributed by atoms with Crippen molar-refractivity contribution in [3.63, 3.8) is 0 Å². The Bertz CT molecular complexity index is 956. The van der Waals surface area contributed by atoms with Crippen molar-refractivity contribution in [3.8, 4) is 0 Å². The molecule has 0 saturated carbocycles. The number of carbonyl (C=O) groups is 1.